The lowest BCUT2D eigenvalue weighted by molar-refractivity contribution is 0.207. The first kappa shape index (κ1) is 11.8. The minimum atomic E-state index is 0.913. The summed E-state index contributed by atoms with van der Waals surface area (Å²) in [5.41, 5.74) is 0. The Kier molecular flexibility index (Phi) is 3.14. The molecule has 0 saturated heterocycles. The van der Waals surface area contributed by atoms with Crippen LogP contribution in [0.4, 0.5) is 0 Å². The van der Waals surface area contributed by atoms with Crippen molar-refractivity contribution in [1.29, 1.82) is 0 Å². The quantitative estimate of drug-likeness (QED) is 0.792. The van der Waals surface area contributed by atoms with Crippen LogP contribution in [0.2, 0.25) is 0 Å². The molecule has 2 bridgehead atoms. The normalized spacial score (nSPS) is 47.0. The van der Waals surface area contributed by atoms with E-state index >= 15 is 0 Å². The van der Waals surface area contributed by atoms with Crippen molar-refractivity contribution in [2.24, 2.45) is 29.6 Å². The Morgan fingerprint density at radius 2 is 1.61 bits per heavy atom. The summed E-state index contributed by atoms with van der Waals surface area (Å²) < 4.78 is 0. The number of fused-ring (bicyclic) bond motifs is 5. The van der Waals surface area contributed by atoms with Crippen LogP contribution >= 0.6 is 0 Å². The zero-order valence-electron chi connectivity index (χ0n) is 11.7. The van der Waals surface area contributed by atoms with Gasteiger partial charge in [0, 0.05) is 6.04 Å². The molecular weight excluding hydrogens is 218 g/mol. The third kappa shape index (κ3) is 1.94. The van der Waals surface area contributed by atoms with Gasteiger partial charge in [0.2, 0.25) is 0 Å². The molecule has 0 aromatic rings. The van der Waals surface area contributed by atoms with Crippen molar-refractivity contribution < 1.29 is 0 Å². The minimum absolute atomic E-state index is 0.913. The largest absolute Gasteiger partial charge is 0.314 e. The molecule has 4 saturated carbocycles. The van der Waals surface area contributed by atoms with E-state index in [0.717, 1.165) is 35.6 Å². The van der Waals surface area contributed by atoms with E-state index in [0.29, 0.717) is 0 Å². The zero-order valence-corrected chi connectivity index (χ0v) is 11.7. The molecule has 5 unspecified atom stereocenters. The molecule has 0 aromatic carbocycles. The van der Waals surface area contributed by atoms with Crippen LogP contribution < -0.4 is 5.32 Å². The van der Waals surface area contributed by atoms with Gasteiger partial charge in [0.25, 0.3) is 0 Å². The van der Waals surface area contributed by atoms with Crippen molar-refractivity contribution in [2.45, 2.75) is 70.3 Å². The Morgan fingerprint density at radius 1 is 0.778 bits per heavy atom. The molecule has 0 aliphatic heterocycles. The van der Waals surface area contributed by atoms with Crippen LogP contribution in [0, 0.1) is 29.6 Å². The Morgan fingerprint density at radius 3 is 2.50 bits per heavy atom. The van der Waals surface area contributed by atoms with Gasteiger partial charge in [-0.25, -0.2) is 0 Å². The molecule has 0 spiro atoms. The molecule has 102 valence electrons. The maximum Gasteiger partial charge on any atom is 0.0101 e. The SMILES string of the molecule is C1CCC(CCNC2CC3CC2C2CCCC32)C1. The lowest BCUT2D eigenvalue weighted by Crippen LogP contribution is -2.40. The van der Waals surface area contributed by atoms with E-state index in [9.17, 15) is 0 Å². The average Bonchev–Trinajstić information content (AvgIpc) is 3.12. The topological polar surface area (TPSA) is 12.0 Å². The van der Waals surface area contributed by atoms with Crippen molar-refractivity contribution in [1.82, 2.24) is 5.32 Å². The van der Waals surface area contributed by atoms with Crippen LogP contribution in [0.1, 0.15) is 64.2 Å². The lowest BCUT2D eigenvalue weighted by atomic mass is 9.79. The number of hydrogen-bond acceptors (Lipinski definition) is 1. The van der Waals surface area contributed by atoms with E-state index in [1.54, 1.807) is 19.3 Å². The third-order valence-electron chi connectivity index (χ3n) is 6.86. The van der Waals surface area contributed by atoms with Crippen LogP contribution in [0.15, 0.2) is 0 Å². The van der Waals surface area contributed by atoms with Gasteiger partial charge >= 0.3 is 0 Å². The Balaban J connectivity index is 1.26. The molecule has 18 heavy (non-hydrogen) atoms. The van der Waals surface area contributed by atoms with E-state index < -0.39 is 0 Å². The smallest absolute Gasteiger partial charge is 0.0101 e. The van der Waals surface area contributed by atoms with Gasteiger partial charge in [0.15, 0.2) is 0 Å². The first-order valence-electron chi connectivity index (χ1n) is 8.65. The second-order valence-electron chi connectivity index (χ2n) is 7.65. The third-order valence-corrected chi connectivity index (χ3v) is 6.86. The van der Waals surface area contributed by atoms with Crippen LogP contribution in [0.25, 0.3) is 0 Å². The molecule has 4 fully saturated rings. The predicted molar refractivity (Wildman–Crippen MR) is 75.4 cm³/mol. The van der Waals surface area contributed by atoms with E-state index in [1.165, 1.54) is 51.5 Å². The minimum Gasteiger partial charge on any atom is -0.314 e. The standard InChI is InChI=1S/C17H29N/c1-2-5-12(4-1)8-9-18-17-11-13-10-16(17)15-7-3-6-14(13)15/h12-18H,1-11H2. The summed E-state index contributed by atoms with van der Waals surface area (Å²) in [7, 11) is 0. The second kappa shape index (κ2) is 4.81. The van der Waals surface area contributed by atoms with Gasteiger partial charge < -0.3 is 5.32 Å². The van der Waals surface area contributed by atoms with Crippen molar-refractivity contribution in [3.63, 3.8) is 0 Å². The first-order chi connectivity index (χ1) is 8.92. The van der Waals surface area contributed by atoms with Crippen molar-refractivity contribution >= 4 is 0 Å². The maximum atomic E-state index is 3.95. The van der Waals surface area contributed by atoms with Crippen molar-refractivity contribution in [3.8, 4) is 0 Å². The van der Waals surface area contributed by atoms with Gasteiger partial charge in [-0.1, -0.05) is 32.1 Å². The molecule has 0 aromatic heterocycles. The molecule has 0 amide bonds. The summed E-state index contributed by atoms with van der Waals surface area (Å²) in [5.74, 6) is 5.54. The fourth-order valence-corrected chi connectivity index (χ4v) is 6.07. The summed E-state index contributed by atoms with van der Waals surface area (Å²) in [6.45, 7) is 1.32. The Bertz CT molecular complexity index is 294. The average molecular weight is 247 g/mol. The highest BCUT2D eigenvalue weighted by Crippen LogP contribution is 2.58. The molecule has 5 atom stereocenters. The number of rotatable bonds is 4. The van der Waals surface area contributed by atoms with Gasteiger partial charge in [-0.15, -0.1) is 0 Å². The van der Waals surface area contributed by atoms with Gasteiger partial charge in [0.05, 0.1) is 0 Å². The number of hydrogen-bond donors (Lipinski definition) is 1. The second-order valence-corrected chi connectivity index (χ2v) is 7.65. The molecule has 1 nitrogen and oxygen atoms in total. The molecule has 1 heteroatoms. The molecule has 4 aliphatic carbocycles. The summed E-state index contributed by atoms with van der Waals surface area (Å²) in [4.78, 5) is 0. The molecule has 1 N–H and O–H groups in total. The predicted octanol–water partition coefficient (Wildman–Crippen LogP) is 3.98. The van der Waals surface area contributed by atoms with Gasteiger partial charge in [-0.05, 0) is 68.2 Å². The summed E-state index contributed by atoms with van der Waals surface area (Å²) >= 11 is 0. The van der Waals surface area contributed by atoms with E-state index in [4.69, 9.17) is 0 Å². The van der Waals surface area contributed by atoms with Crippen LogP contribution in [0.5, 0.6) is 0 Å². The summed E-state index contributed by atoms with van der Waals surface area (Å²) in [6, 6.07) is 0.913. The van der Waals surface area contributed by atoms with E-state index in [1.807, 2.05) is 0 Å². The van der Waals surface area contributed by atoms with Crippen LogP contribution in [-0.2, 0) is 0 Å². The molecule has 0 radical (unpaired) electrons. The Labute approximate surface area is 112 Å². The van der Waals surface area contributed by atoms with Gasteiger partial charge in [-0.3, -0.25) is 0 Å². The monoisotopic (exact) mass is 247 g/mol. The first-order valence-corrected chi connectivity index (χ1v) is 8.65. The molecule has 4 aliphatic rings. The fourth-order valence-electron chi connectivity index (χ4n) is 6.07. The zero-order chi connectivity index (χ0) is 11.9. The van der Waals surface area contributed by atoms with Crippen molar-refractivity contribution in [3.05, 3.63) is 0 Å². The summed E-state index contributed by atoms with van der Waals surface area (Å²) in [5, 5.41) is 3.95. The molecule has 0 heterocycles. The summed E-state index contributed by atoms with van der Waals surface area (Å²) in [6.07, 6.45) is 15.3. The van der Waals surface area contributed by atoms with E-state index in [2.05, 4.69) is 5.32 Å². The maximum absolute atomic E-state index is 3.95. The lowest BCUT2D eigenvalue weighted by Gasteiger charge is -2.32. The van der Waals surface area contributed by atoms with E-state index in [-0.39, 0.29) is 0 Å². The van der Waals surface area contributed by atoms with Gasteiger partial charge in [0.1, 0.15) is 0 Å². The number of nitrogens with one attached hydrogen (secondary N) is 1. The van der Waals surface area contributed by atoms with Crippen molar-refractivity contribution in [2.75, 3.05) is 6.54 Å². The highest BCUT2D eigenvalue weighted by Gasteiger charge is 2.53. The Hall–Kier alpha value is -0.0400. The van der Waals surface area contributed by atoms with Crippen LogP contribution in [0.3, 0.4) is 0 Å². The van der Waals surface area contributed by atoms with Crippen LogP contribution in [-0.4, -0.2) is 12.6 Å². The fraction of sp³-hybridized carbons (Fsp3) is 1.00. The van der Waals surface area contributed by atoms with Gasteiger partial charge in [-0.2, -0.15) is 0 Å². The highest BCUT2D eigenvalue weighted by atomic mass is 14.9. The molecule has 4 rings (SSSR count). The molecular formula is C17H29N. The highest BCUT2D eigenvalue weighted by molar-refractivity contribution is 5.05.